The zero-order valence-corrected chi connectivity index (χ0v) is 15.0. The molecule has 7 heteroatoms. The average Bonchev–Trinajstić information content (AvgIpc) is 2.69. The highest BCUT2D eigenvalue weighted by molar-refractivity contribution is 6.30. The number of benzene rings is 2. The van der Waals surface area contributed by atoms with Crippen molar-refractivity contribution in [1.29, 1.82) is 0 Å². The fourth-order valence-electron chi connectivity index (χ4n) is 2.79. The summed E-state index contributed by atoms with van der Waals surface area (Å²) in [5, 5.41) is 8.71. The van der Waals surface area contributed by atoms with Crippen molar-refractivity contribution in [2.24, 2.45) is 0 Å². The molecule has 0 N–H and O–H groups in total. The van der Waals surface area contributed by atoms with Crippen LogP contribution in [0.1, 0.15) is 0 Å². The van der Waals surface area contributed by atoms with Crippen molar-refractivity contribution < 1.29 is 13.2 Å². The molecule has 138 valence electrons. The van der Waals surface area contributed by atoms with Gasteiger partial charge in [0.05, 0.1) is 18.1 Å². The Morgan fingerprint density at radius 1 is 0.714 bits per heavy atom. The predicted molar refractivity (Wildman–Crippen MR) is 101 cm³/mol. The van der Waals surface area contributed by atoms with Gasteiger partial charge in [-0.2, -0.15) is 10.2 Å². The highest BCUT2D eigenvalue weighted by Gasteiger charge is 2.15. The summed E-state index contributed by atoms with van der Waals surface area (Å²) in [7, 11) is 0. The monoisotopic (exact) mass is 397 g/mol. The Bertz CT molecular complexity index is 1160. The van der Waals surface area contributed by atoms with Crippen LogP contribution in [0.25, 0.3) is 33.6 Å². The van der Waals surface area contributed by atoms with Crippen molar-refractivity contribution in [2.45, 2.75) is 0 Å². The second-order valence-corrected chi connectivity index (χ2v) is 6.45. The van der Waals surface area contributed by atoms with Crippen LogP contribution in [0.2, 0.25) is 5.02 Å². The Labute approximate surface area is 163 Å². The molecular weight excluding hydrogens is 387 g/mol. The maximum Gasteiger partial charge on any atom is 0.152 e. The Hall–Kier alpha value is -3.25. The zero-order chi connectivity index (χ0) is 19.7. The number of rotatable bonds is 3. The van der Waals surface area contributed by atoms with E-state index in [4.69, 9.17) is 11.6 Å². The van der Waals surface area contributed by atoms with Crippen LogP contribution in [0.4, 0.5) is 13.2 Å². The molecule has 0 aliphatic heterocycles. The molecule has 0 spiro atoms. The van der Waals surface area contributed by atoms with Crippen molar-refractivity contribution >= 4 is 11.6 Å². The first-order chi connectivity index (χ1) is 13.5. The van der Waals surface area contributed by atoms with Crippen LogP contribution in [0, 0.1) is 17.5 Å². The maximum atomic E-state index is 14.3. The summed E-state index contributed by atoms with van der Waals surface area (Å²) in [5.41, 5.74) is 2.33. The van der Waals surface area contributed by atoms with Gasteiger partial charge in [0.1, 0.15) is 17.3 Å². The van der Waals surface area contributed by atoms with Crippen LogP contribution in [-0.2, 0) is 0 Å². The highest BCUT2D eigenvalue weighted by atomic mass is 35.5. The summed E-state index contributed by atoms with van der Waals surface area (Å²) in [5.74, 6) is -2.43. The molecule has 0 amide bonds. The molecule has 0 saturated carbocycles. The van der Waals surface area contributed by atoms with Crippen LogP contribution in [0.5, 0.6) is 0 Å². The molecule has 0 aliphatic carbocycles. The number of hydrogen-bond donors (Lipinski definition) is 0. The van der Waals surface area contributed by atoms with Crippen LogP contribution in [0.15, 0.2) is 67.0 Å². The molecule has 0 aliphatic rings. The summed E-state index contributed by atoms with van der Waals surface area (Å²) in [6.07, 6.45) is 2.36. The molecular formula is C21H11ClF3N3. The number of nitrogens with zero attached hydrogens (tertiary/aromatic N) is 3. The molecule has 0 saturated heterocycles. The van der Waals surface area contributed by atoms with Crippen LogP contribution in [0.3, 0.4) is 0 Å². The minimum absolute atomic E-state index is 0.0696. The van der Waals surface area contributed by atoms with E-state index < -0.39 is 17.5 Å². The third-order valence-corrected chi connectivity index (χ3v) is 4.41. The van der Waals surface area contributed by atoms with Gasteiger partial charge in [-0.3, -0.25) is 4.98 Å². The van der Waals surface area contributed by atoms with E-state index in [9.17, 15) is 13.2 Å². The molecule has 2 aromatic heterocycles. The lowest BCUT2D eigenvalue weighted by molar-refractivity contribution is 0.573. The van der Waals surface area contributed by atoms with E-state index in [2.05, 4.69) is 15.2 Å². The summed E-state index contributed by atoms with van der Waals surface area (Å²) < 4.78 is 41.5. The molecule has 0 atom stereocenters. The first-order valence-corrected chi connectivity index (χ1v) is 8.59. The molecule has 0 radical (unpaired) electrons. The first kappa shape index (κ1) is 18.1. The van der Waals surface area contributed by atoms with Gasteiger partial charge < -0.3 is 0 Å². The molecule has 4 rings (SSSR count). The summed E-state index contributed by atoms with van der Waals surface area (Å²) in [6.45, 7) is 0. The van der Waals surface area contributed by atoms with E-state index in [0.29, 0.717) is 27.9 Å². The van der Waals surface area contributed by atoms with Gasteiger partial charge in [0, 0.05) is 27.8 Å². The second kappa shape index (κ2) is 7.40. The second-order valence-electron chi connectivity index (χ2n) is 6.01. The number of hydrogen-bond acceptors (Lipinski definition) is 3. The van der Waals surface area contributed by atoms with Crippen LogP contribution >= 0.6 is 11.6 Å². The van der Waals surface area contributed by atoms with E-state index in [-0.39, 0.29) is 11.3 Å². The van der Waals surface area contributed by atoms with Gasteiger partial charge in [-0.25, -0.2) is 13.2 Å². The number of halogens is 4. The fourth-order valence-corrected chi connectivity index (χ4v) is 2.91. The normalized spacial score (nSPS) is 10.9. The Morgan fingerprint density at radius 3 is 2.21 bits per heavy atom. The minimum Gasteiger partial charge on any atom is -0.250 e. The highest BCUT2D eigenvalue weighted by Crippen LogP contribution is 2.30. The molecule has 2 aromatic carbocycles. The van der Waals surface area contributed by atoms with Crippen molar-refractivity contribution in [2.75, 3.05) is 0 Å². The van der Waals surface area contributed by atoms with Gasteiger partial charge in [0.2, 0.25) is 0 Å². The van der Waals surface area contributed by atoms with Gasteiger partial charge in [0.15, 0.2) is 5.82 Å². The zero-order valence-electron chi connectivity index (χ0n) is 14.2. The quantitative estimate of drug-likeness (QED) is 0.429. The molecule has 3 nitrogen and oxygen atoms in total. The lowest BCUT2D eigenvalue weighted by Crippen LogP contribution is -1.95. The number of pyridine rings is 1. The molecule has 2 heterocycles. The van der Waals surface area contributed by atoms with E-state index >= 15 is 0 Å². The summed E-state index contributed by atoms with van der Waals surface area (Å²) in [6, 6.07) is 13.7. The molecule has 28 heavy (non-hydrogen) atoms. The third kappa shape index (κ3) is 3.59. The predicted octanol–water partition coefficient (Wildman–Crippen LogP) is 5.94. The molecule has 0 unspecified atom stereocenters. The van der Waals surface area contributed by atoms with Crippen molar-refractivity contribution in [1.82, 2.24) is 15.2 Å². The van der Waals surface area contributed by atoms with Gasteiger partial charge in [-0.15, -0.1) is 0 Å². The largest absolute Gasteiger partial charge is 0.250 e. The summed E-state index contributed by atoms with van der Waals surface area (Å²) in [4.78, 5) is 3.69. The lowest BCUT2D eigenvalue weighted by Gasteiger charge is -2.09. The van der Waals surface area contributed by atoms with Gasteiger partial charge in [0.25, 0.3) is 0 Å². The molecule has 0 fully saturated rings. The van der Waals surface area contributed by atoms with Gasteiger partial charge >= 0.3 is 0 Å². The van der Waals surface area contributed by atoms with Gasteiger partial charge in [-0.05, 0) is 35.9 Å². The SMILES string of the molecule is Fc1cnc(-c2cc(-c3cnnc(-c4ccc(Cl)cc4)c3)ccc2F)c(F)c1. The Balaban J connectivity index is 1.78. The third-order valence-electron chi connectivity index (χ3n) is 4.16. The first-order valence-electron chi connectivity index (χ1n) is 8.21. The lowest BCUT2D eigenvalue weighted by atomic mass is 10.0. The number of aromatic nitrogens is 3. The van der Waals surface area contributed by atoms with E-state index in [1.165, 1.54) is 18.3 Å². The molecule has 0 bridgehead atoms. The van der Waals surface area contributed by atoms with Crippen LogP contribution in [-0.4, -0.2) is 15.2 Å². The Morgan fingerprint density at radius 2 is 1.46 bits per heavy atom. The van der Waals surface area contributed by atoms with Gasteiger partial charge in [-0.1, -0.05) is 29.8 Å². The van der Waals surface area contributed by atoms with E-state index in [0.717, 1.165) is 11.8 Å². The van der Waals surface area contributed by atoms with Crippen molar-refractivity contribution in [3.05, 3.63) is 89.5 Å². The topological polar surface area (TPSA) is 38.7 Å². The standard InChI is InChI=1S/C21H11ClF3N3/c22-15-4-1-12(2-5-15)20-8-14(10-27-28-20)13-3-6-18(24)17(7-13)21-19(25)9-16(23)11-26-21/h1-11H. The van der Waals surface area contributed by atoms with Crippen molar-refractivity contribution in [3.63, 3.8) is 0 Å². The average molecular weight is 398 g/mol. The minimum atomic E-state index is -0.939. The van der Waals surface area contributed by atoms with E-state index in [1.807, 2.05) is 12.1 Å². The smallest absolute Gasteiger partial charge is 0.152 e. The van der Waals surface area contributed by atoms with E-state index in [1.54, 1.807) is 24.3 Å². The Kier molecular flexibility index (Phi) is 4.79. The van der Waals surface area contributed by atoms with Crippen LogP contribution < -0.4 is 0 Å². The maximum absolute atomic E-state index is 14.3. The fraction of sp³-hybridized carbons (Fsp3) is 0. The van der Waals surface area contributed by atoms with Crippen molar-refractivity contribution in [3.8, 4) is 33.6 Å². The molecule has 4 aromatic rings. The summed E-state index contributed by atoms with van der Waals surface area (Å²) >= 11 is 5.91.